The van der Waals surface area contributed by atoms with Gasteiger partial charge in [0, 0.05) is 26.0 Å². The zero-order valence-electron chi connectivity index (χ0n) is 16.2. The highest BCUT2D eigenvalue weighted by atomic mass is 35.5. The molecule has 4 rings (SSSR count). The Morgan fingerprint density at radius 1 is 1.20 bits per heavy atom. The number of hydrogen-bond acceptors (Lipinski definition) is 7. The van der Waals surface area contributed by atoms with Gasteiger partial charge in [-0.25, -0.2) is 4.79 Å². The molecule has 0 unspecified atom stereocenters. The largest absolute Gasteiger partial charge is 0.337 e. The van der Waals surface area contributed by atoms with Gasteiger partial charge >= 0.3 is 5.69 Å². The third kappa shape index (κ3) is 2.86. The number of carbonyl (C=O) groups excluding carboxylic acids is 1. The van der Waals surface area contributed by atoms with Crippen LogP contribution >= 0.6 is 23.4 Å². The minimum absolute atomic E-state index is 0.0240. The number of hydrogen-bond donors (Lipinski definition) is 0. The van der Waals surface area contributed by atoms with Crippen molar-refractivity contribution in [1.29, 1.82) is 5.26 Å². The fourth-order valence-electron chi connectivity index (χ4n) is 3.34. The summed E-state index contributed by atoms with van der Waals surface area (Å²) in [5.74, 6) is -0.517. The molecule has 0 aliphatic carbocycles. The molecule has 11 heteroatoms. The maximum absolute atomic E-state index is 13.1. The average molecular weight is 443 g/mol. The van der Waals surface area contributed by atoms with E-state index in [-0.39, 0.29) is 28.6 Å². The number of rotatable bonds is 3. The lowest BCUT2D eigenvalue weighted by Crippen LogP contribution is -2.37. The molecule has 2 aromatic heterocycles. The summed E-state index contributed by atoms with van der Waals surface area (Å²) in [5, 5.41) is 10.1. The standard InChI is InChI=1S/C19H15ClN6O3S/c1-23-11-6-4-5-7-13(11)30-17(23)10(8-21)12(27)9-26-14-15(22-18(26)20)24(2)19(29)25(3)16(14)28/h4-7H,9H2,1-3H3/b17-10-. The average Bonchev–Trinajstić information content (AvgIpc) is 3.23. The Morgan fingerprint density at radius 3 is 2.57 bits per heavy atom. The van der Waals surface area contributed by atoms with E-state index in [1.54, 1.807) is 11.9 Å². The van der Waals surface area contributed by atoms with Crippen molar-refractivity contribution in [1.82, 2.24) is 18.7 Å². The normalized spacial score (nSPS) is 14.7. The van der Waals surface area contributed by atoms with E-state index in [2.05, 4.69) is 4.98 Å². The van der Waals surface area contributed by atoms with E-state index < -0.39 is 17.0 Å². The second-order valence-corrected chi connectivity index (χ2v) is 8.06. The number of thioether (sulfide) groups is 1. The Hall–Kier alpha value is -3.29. The summed E-state index contributed by atoms with van der Waals surface area (Å²) >= 11 is 7.52. The van der Waals surface area contributed by atoms with Crippen LogP contribution in [-0.2, 0) is 25.4 Å². The van der Waals surface area contributed by atoms with Crippen LogP contribution in [-0.4, -0.2) is 31.5 Å². The number of benzene rings is 1. The van der Waals surface area contributed by atoms with Gasteiger partial charge in [-0.3, -0.25) is 18.7 Å². The van der Waals surface area contributed by atoms with Gasteiger partial charge in [0.05, 0.1) is 12.2 Å². The Balaban J connectivity index is 1.81. The molecule has 1 aromatic carbocycles. The van der Waals surface area contributed by atoms with Crippen LogP contribution in [0.5, 0.6) is 0 Å². The Labute approximate surface area is 179 Å². The fraction of sp³-hybridized carbons (Fsp3) is 0.211. The minimum Gasteiger partial charge on any atom is -0.337 e. The summed E-state index contributed by atoms with van der Waals surface area (Å²) in [6.45, 7) is -0.361. The first-order valence-corrected chi connectivity index (χ1v) is 9.95. The van der Waals surface area contributed by atoms with Crippen LogP contribution in [0.25, 0.3) is 11.2 Å². The fourth-order valence-corrected chi connectivity index (χ4v) is 4.72. The molecule has 0 saturated heterocycles. The van der Waals surface area contributed by atoms with Crippen LogP contribution in [0.2, 0.25) is 5.28 Å². The number of ketones is 1. The second kappa shape index (κ2) is 7.19. The molecular weight excluding hydrogens is 428 g/mol. The van der Waals surface area contributed by atoms with Gasteiger partial charge in [-0.2, -0.15) is 10.2 Å². The highest BCUT2D eigenvalue weighted by Crippen LogP contribution is 2.46. The molecule has 0 N–H and O–H groups in total. The molecule has 0 bridgehead atoms. The summed E-state index contributed by atoms with van der Waals surface area (Å²) in [4.78, 5) is 44.6. The van der Waals surface area contributed by atoms with Crippen molar-refractivity contribution >= 4 is 46.0 Å². The number of halogens is 1. The van der Waals surface area contributed by atoms with E-state index in [4.69, 9.17) is 11.6 Å². The van der Waals surface area contributed by atoms with Crippen LogP contribution in [0.4, 0.5) is 5.69 Å². The second-order valence-electron chi connectivity index (χ2n) is 6.69. The molecule has 1 aliphatic heterocycles. The van der Waals surface area contributed by atoms with Crippen LogP contribution in [0, 0.1) is 11.3 Å². The summed E-state index contributed by atoms with van der Waals surface area (Å²) in [5.41, 5.74) is -0.220. The van der Waals surface area contributed by atoms with Gasteiger partial charge in [0.1, 0.15) is 16.7 Å². The van der Waals surface area contributed by atoms with Crippen LogP contribution in [0.1, 0.15) is 0 Å². The molecule has 3 heterocycles. The zero-order chi connectivity index (χ0) is 21.7. The van der Waals surface area contributed by atoms with Crippen molar-refractivity contribution in [2.45, 2.75) is 11.4 Å². The van der Waals surface area contributed by atoms with Crippen LogP contribution in [0.15, 0.2) is 49.4 Å². The van der Waals surface area contributed by atoms with Crippen molar-refractivity contribution in [2.24, 2.45) is 14.1 Å². The number of nitrogens with zero attached hydrogens (tertiary/aromatic N) is 6. The quantitative estimate of drug-likeness (QED) is 0.345. The number of nitriles is 1. The van der Waals surface area contributed by atoms with Gasteiger partial charge in [0.15, 0.2) is 16.9 Å². The summed E-state index contributed by atoms with van der Waals surface area (Å²) < 4.78 is 3.33. The van der Waals surface area contributed by atoms with E-state index in [9.17, 15) is 19.6 Å². The SMILES string of the molecule is CN1/C(=C(\C#N)C(=O)Cn2c(Cl)nc3c2c(=O)n(C)c(=O)n3C)Sc2ccccc21. The van der Waals surface area contributed by atoms with E-state index in [1.165, 1.54) is 35.0 Å². The number of anilines is 1. The van der Waals surface area contributed by atoms with E-state index in [0.717, 1.165) is 15.1 Å². The maximum Gasteiger partial charge on any atom is 0.332 e. The summed E-state index contributed by atoms with van der Waals surface area (Å²) in [6, 6.07) is 9.56. The topological polar surface area (TPSA) is 106 Å². The van der Waals surface area contributed by atoms with E-state index in [0.29, 0.717) is 5.03 Å². The lowest BCUT2D eigenvalue weighted by atomic mass is 10.2. The third-order valence-corrected chi connectivity index (χ3v) is 6.47. The highest BCUT2D eigenvalue weighted by Gasteiger charge is 2.29. The predicted octanol–water partition coefficient (Wildman–Crippen LogP) is 1.63. The third-order valence-electron chi connectivity index (χ3n) is 4.95. The van der Waals surface area contributed by atoms with E-state index in [1.807, 2.05) is 30.3 Å². The molecule has 0 fully saturated rings. The van der Waals surface area contributed by atoms with Gasteiger partial charge in [-0.15, -0.1) is 0 Å². The molecular formula is C19H15ClN6O3S. The smallest absolute Gasteiger partial charge is 0.332 e. The highest BCUT2D eigenvalue weighted by molar-refractivity contribution is 8.03. The number of para-hydroxylation sites is 1. The van der Waals surface area contributed by atoms with Gasteiger partial charge in [0.25, 0.3) is 5.56 Å². The molecule has 0 saturated carbocycles. The molecule has 9 nitrogen and oxygen atoms in total. The first-order valence-electron chi connectivity index (χ1n) is 8.76. The monoisotopic (exact) mass is 442 g/mol. The zero-order valence-corrected chi connectivity index (χ0v) is 17.8. The number of aromatic nitrogens is 4. The molecule has 152 valence electrons. The summed E-state index contributed by atoms with van der Waals surface area (Å²) in [6.07, 6.45) is 0. The van der Waals surface area contributed by atoms with E-state index >= 15 is 0 Å². The molecule has 0 atom stereocenters. The number of allylic oxidation sites excluding steroid dienone is 1. The number of carbonyl (C=O) groups is 1. The summed E-state index contributed by atoms with van der Waals surface area (Å²) in [7, 11) is 4.58. The number of Topliss-reactive ketones (excluding diaryl/α,β-unsaturated/α-hetero) is 1. The molecule has 0 radical (unpaired) electrons. The van der Waals surface area contributed by atoms with Crippen molar-refractivity contribution < 1.29 is 4.79 Å². The van der Waals surface area contributed by atoms with Crippen molar-refractivity contribution in [3.8, 4) is 6.07 Å². The molecule has 0 amide bonds. The molecule has 0 spiro atoms. The Kier molecular flexibility index (Phi) is 4.80. The van der Waals surface area contributed by atoms with Crippen molar-refractivity contribution in [3.63, 3.8) is 0 Å². The lowest BCUT2D eigenvalue weighted by molar-refractivity contribution is -0.115. The Bertz CT molecular complexity index is 1430. The van der Waals surface area contributed by atoms with Gasteiger partial charge in [0.2, 0.25) is 5.28 Å². The van der Waals surface area contributed by atoms with Gasteiger partial charge in [-0.1, -0.05) is 23.9 Å². The molecule has 30 heavy (non-hydrogen) atoms. The van der Waals surface area contributed by atoms with Crippen molar-refractivity contribution in [3.05, 3.63) is 61.0 Å². The number of imidazole rings is 1. The predicted molar refractivity (Wildman–Crippen MR) is 114 cm³/mol. The number of fused-ring (bicyclic) bond motifs is 2. The first-order chi connectivity index (χ1) is 14.3. The maximum atomic E-state index is 13.1. The molecule has 1 aliphatic rings. The van der Waals surface area contributed by atoms with Gasteiger partial charge < -0.3 is 9.47 Å². The minimum atomic E-state index is -0.619. The van der Waals surface area contributed by atoms with Crippen LogP contribution in [0.3, 0.4) is 0 Å². The number of aryl methyl sites for hydroxylation is 1. The van der Waals surface area contributed by atoms with Gasteiger partial charge in [-0.05, 0) is 23.7 Å². The van der Waals surface area contributed by atoms with Crippen LogP contribution < -0.4 is 16.1 Å². The Morgan fingerprint density at radius 2 is 1.90 bits per heavy atom. The first kappa shape index (κ1) is 20.0. The lowest BCUT2D eigenvalue weighted by Gasteiger charge is -2.15. The van der Waals surface area contributed by atoms with Crippen molar-refractivity contribution in [2.75, 3.05) is 11.9 Å². The molecule has 3 aromatic rings.